The molecular formula is C19H21N3O3. The number of benzene rings is 2. The Morgan fingerprint density at radius 3 is 2.56 bits per heavy atom. The van der Waals surface area contributed by atoms with Gasteiger partial charge < -0.3 is 20.3 Å². The first-order chi connectivity index (χ1) is 12.1. The van der Waals surface area contributed by atoms with Crippen molar-refractivity contribution in [3.05, 3.63) is 54.1 Å². The standard InChI is InChI=1S/C19H21N3O3/c1-13-5-3-4-6-17(13)21-19(24)20-14-11-18(23)22(12-14)15-7-9-16(25-2)10-8-15/h3-10,14H,11-12H2,1-2H3,(H2,20,21,24)/t14-/m0/s1. The Morgan fingerprint density at radius 2 is 1.88 bits per heavy atom. The van der Waals surface area contributed by atoms with Crippen molar-refractivity contribution in [1.82, 2.24) is 5.32 Å². The van der Waals surface area contributed by atoms with Gasteiger partial charge in [0, 0.05) is 24.3 Å². The summed E-state index contributed by atoms with van der Waals surface area (Å²) < 4.78 is 5.13. The molecule has 1 fully saturated rings. The molecule has 2 aromatic carbocycles. The largest absolute Gasteiger partial charge is 0.497 e. The first kappa shape index (κ1) is 16.8. The van der Waals surface area contributed by atoms with Crippen molar-refractivity contribution in [3.63, 3.8) is 0 Å². The third-order valence-electron chi connectivity index (χ3n) is 4.24. The molecule has 130 valence electrons. The summed E-state index contributed by atoms with van der Waals surface area (Å²) in [6.45, 7) is 2.38. The van der Waals surface area contributed by atoms with E-state index in [2.05, 4.69) is 10.6 Å². The minimum atomic E-state index is -0.302. The number of nitrogens with zero attached hydrogens (tertiary/aromatic N) is 1. The first-order valence-corrected chi connectivity index (χ1v) is 8.14. The molecule has 6 heteroatoms. The van der Waals surface area contributed by atoms with Crippen LogP contribution >= 0.6 is 0 Å². The lowest BCUT2D eigenvalue weighted by Crippen LogP contribution is -2.39. The fourth-order valence-electron chi connectivity index (χ4n) is 2.87. The van der Waals surface area contributed by atoms with Gasteiger partial charge in [0.1, 0.15) is 5.75 Å². The number of rotatable bonds is 4. The van der Waals surface area contributed by atoms with E-state index in [0.717, 1.165) is 22.7 Å². The zero-order valence-electron chi connectivity index (χ0n) is 14.3. The van der Waals surface area contributed by atoms with Crippen molar-refractivity contribution in [2.45, 2.75) is 19.4 Å². The molecule has 1 atom stereocenters. The molecule has 1 heterocycles. The highest BCUT2D eigenvalue weighted by atomic mass is 16.5. The van der Waals surface area contributed by atoms with Crippen LogP contribution in [-0.4, -0.2) is 31.6 Å². The summed E-state index contributed by atoms with van der Waals surface area (Å²) in [5.41, 5.74) is 2.55. The van der Waals surface area contributed by atoms with Crippen molar-refractivity contribution < 1.29 is 14.3 Å². The highest BCUT2D eigenvalue weighted by Crippen LogP contribution is 2.24. The summed E-state index contributed by atoms with van der Waals surface area (Å²) in [4.78, 5) is 26.1. The molecule has 0 aliphatic carbocycles. The highest BCUT2D eigenvalue weighted by molar-refractivity contribution is 5.97. The number of aryl methyl sites for hydroxylation is 1. The van der Waals surface area contributed by atoms with Crippen LogP contribution in [0.15, 0.2) is 48.5 Å². The Labute approximate surface area is 146 Å². The molecule has 3 amide bonds. The monoisotopic (exact) mass is 339 g/mol. The molecule has 0 saturated carbocycles. The quantitative estimate of drug-likeness (QED) is 0.900. The normalized spacial score (nSPS) is 16.6. The molecule has 2 N–H and O–H groups in total. The van der Waals surface area contributed by atoms with E-state index >= 15 is 0 Å². The molecule has 3 rings (SSSR count). The van der Waals surface area contributed by atoms with Gasteiger partial charge in [0.15, 0.2) is 0 Å². The predicted octanol–water partition coefficient (Wildman–Crippen LogP) is 2.93. The molecule has 0 spiro atoms. The number of carbonyl (C=O) groups is 2. The maximum absolute atomic E-state index is 12.3. The molecule has 25 heavy (non-hydrogen) atoms. The van der Waals surface area contributed by atoms with Gasteiger partial charge in [-0.25, -0.2) is 4.79 Å². The maximum Gasteiger partial charge on any atom is 0.319 e. The van der Waals surface area contributed by atoms with Gasteiger partial charge in [0.05, 0.1) is 13.2 Å². The summed E-state index contributed by atoms with van der Waals surface area (Å²) in [5.74, 6) is 0.731. The van der Waals surface area contributed by atoms with Gasteiger partial charge in [-0.15, -0.1) is 0 Å². The Kier molecular flexibility index (Phi) is 4.88. The molecule has 0 aromatic heterocycles. The molecule has 1 saturated heterocycles. The number of carbonyl (C=O) groups excluding carboxylic acids is 2. The number of hydrogen-bond acceptors (Lipinski definition) is 3. The van der Waals surface area contributed by atoms with Gasteiger partial charge >= 0.3 is 6.03 Å². The summed E-state index contributed by atoms with van der Waals surface area (Å²) in [6.07, 6.45) is 0.285. The Hall–Kier alpha value is -3.02. The number of hydrogen-bond donors (Lipinski definition) is 2. The molecular weight excluding hydrogens is 318 g/mol. The smallest absolute Gasteiger partial charge is 0.319 e. The highest BCUT2D eigenvalue weighted by Gasteiger charge is 2.31. The second-order valence-electron chi connectivity index (χ2n) is 6.02. The topological polar surface area (TPSA) is 70.7 Å². The van der Waals surface area contributed by atoms with Crippen LogP contribution in [0.25, 0.3) is 0 Å². The van der Waals surface area contributed by atoms with Crippen molar-refractivity contribution in [2.24, 2.45) is 0 Å². The van der Waals surface area contributed by atoms with Crippen LogP contribution in [0.4, 0.5) is 16.2 Å². The Morgan fingerprint density at radius 1 is 1.16 bits per heavy atom. The molecule has 0 unspecified atom stereocenters. The Balaban J connectivity index is 1.60. The predicted molar refractivity (Wildman–Crippen MR) is 97.1 cm³/mol. The lowest BCUT2D eigenvalue weighted by atomic mass is 10.2. The number of urea groups is 1. The van der Waals surface area contributed by atoms with Gasteiger partial charge in [-0.1, -0.05) is 18.2 Å². The number of amides is 3. The lowest BCUT2D eigenvalue weighted by molar-refractivity contribution is -0.117. The molecule has 2 aromatic rings. The van der Waals surface area contributed by atoms with Crippen LogP contribution < -0.4 is 20.3 Å². The van der Waals surface area contributed by atoms with E-state index in [9.17, 15) is 9.59 Å². The zero-order chi connectivity index (χ0) is 17.8. The van der Waals surface area contributed by atoms with Crippen molar-refractivity contribution >= 4 is 23.3 Å². The second-order valence-corrected chi connectivity index (χ2v) is 6.02. The van der Waals surface area contributed by atoms with Crippen molar-refractivity contribution in [3.8, 4) is 5.75 Å². The third-order valence-corrected chi connectivity index (χ3v) is 4.24. The van der Waals surface area contributed by atoms with E-state index in [-0.39, 0.29) is 24.4 Å². The number of para-hydroxylation sites is 1. The minimum Gasteiger partial charge on any atom is -0.497 e. The van der Waals surface area contributed by atoms with E-state index < -0.39 is 0 Å². The van der Waals surface area contributed by atoms with E-state index in [1.54, 1.807) is 12.0 Å². The van der Waals surface area contributed by atoms with Gasteiger partial charge in [-0.3, -0.25) is 4.79 Å². The summed E-state index contributed by atoms with van der Waals surface area (Å²) in [6, 6.07) is 14.3. The van der Waals surface area contributed by atoms with E-state index in [4.69, 9.17) is 4.74 Å². The van der Waals surface area contributed by atoms with Crippen LogP contribution in [-0.2, 0) is 4.79 Å². The summed E-state index contributed by atoms with van der Waals surface area (Å²) in [7, 11) is 1.60. The lowest BCUT2D eigenvalue weighted by Gasteiger charge is -2.18. The fraction of sp³-hybridized carbons (Fsp3) is 0.263. The molecule has 6 nitrogen and oxygen atoms in total. The summed E-state index contributed by atoms with van der Waals surface area (Å²) >= 11 is 0. The summed E-state index contributed by atoms with van der Waals surface area (Å²) in [5, 5.41) is 5.70. The number of methoxy groups -OCH3 is 1. The van der Waals surface area contributed by atoms with Crippen molar-refractivity contribution in [2.75, 3.05) is 23.9 Å². The van der Waals surface area contributed by atoms with Gasteiger partial charge in [-0.2, -0.15) is 0 Å². The number of ether oxygens (including phenoxy) is 1. The van der Waals surface area contributed by atoms with E-state index in [1.165, 1.54) is 0 Å². The van der Waals surface area contributed by atoms with Crippen LogP contribution in [0.2, 0.25) is 0 Å². The number of nitrogens with one attached hydrogen (secondary N) is 2. The van der Waals surface area contributed by atoms with Gasteiger partial charge in [0.25, 0.3) is 0 Å². The zero-order valence-corrected chi connectivity index (χ0v) is 14.3. The maximum atomic E-state index is 12.3. The van der Waals surface area contributed by atoms with Crippen LogP contribution in [0.5, 0.6) is 5.75 Å². The van der Waals surface area contributed by atoms with E-state index in [1.807, 2.05) is 55.5 Å². The number of anilines is 2. The first-order valence-electron chi connectivity index (χ1n) is 8.14. The van der Waals surface area contributed by atoms with Crippen LogP contribution in [0, 0.1) is 6.92 Å². The van der Waals surface area contributed by atoms with Crippen LogP contribution in [0.1, 0.15) is 12.0 Å². The average molecular weight is 339 g/mol. The third kappa shape index (κ3) is 3.91. The molecule has 0 bridgehead atoms. The fourth-order valence-corrected chi connectivity index (χ4v) is 2.87. The van der Waals surface area contributed by atoms with Gasteiger partial charge in [-0.05, 0) is 42.8 Å². The van der Waals surface area contributed by atoms with E-state index in [0.29, 0.717) is 6.54 Å². The second kappa shape index (κ2) is 7.25. The Bertz CT molecular complexity index is 774. The van der Waals surface area contributed by atoms with Crippen LogP contribution in [0.3, 0.4) is 0 Å². The SMILES string of the molecule is COc1ccc(N2C[C@@H](NC(=O)Nc3ccccc3C)CC2=O)cc1. The van der Waals surface area contributed by atoms with Crippen molar-refractivity contribution in [1.29, 1.82) is 0 Å². The minimum absolute atomic E-state index is 0.00800. The molecule has 1 aliphatic heterocycles. The molecule has 1 aliphatic rings. The van der Waals surface area contributed by atoms with Gasteiger partial charge in [0.2, 0.25) is 5.91 Å². The molecule has 0 radical (unpaired) electrons. The average Bonchev–Trinajstić information content (AvgIpc) is 2.97.